The number of nitrogens with zero attached hydrogens (tertiary/aromatic N) is 3. The van der Waals surface area contributed by atoms with E-state index in [1.54, 1.807) is 17.7 Å². The quantitative estimate of drug-likeness (QED) is 0.220. The van der Waals surface area contributed by atoms with Gasteiger partial charge in [-0.2, -0.15) is 0 Å². The summed E-state index contributed by atoms with van der Waals surface area (Å²) in [5, 5.41) is 3.13. The second-order valence-electron chi connectivity index (χ2n) is 10.4. The minimum absolute atomic E-state index is 0.0744. The highest BCUT2D eigenvalue weighted by atomic mass is 35.5. The average Bonchev–Trinajstić information content (AvgIpc) is 3.47. The van der Waals surface area contributed by atoms with Crippen LogP contribution in [0.3, 0.4) is 0 Å². The van der Waals surface area contributed by atoms with Crippen molar-refractivity contribution in [1.82, 2.24) is 14.5 Å². The number of thiazole rings is 1. The Bertz CT molecular complexity index is 1640. The summed E-state index contributed by atoms with van der Waals surface area (Å²) >= 11 is 7.48. The van der Waals surface area contributed by atoms with Crippen molar-refractivity contribution in [1.29, 1.82) is 0 Å². The highest BCUT2D eigenvalue weighted by molar-refractivity contribution is 7.13. The lowest BCUT2D eigenvalue weighted by molar-refractivity contribution is 0.0723. The number of ether oxygens (including phenoxy) is 1. The lowest BCUT2D eigenvalue weighted by Crippen LogP contribution is -2.37. The molecule has 2 aromatic heterocycles. The second-order valence-corrected chi connectivity index (χ2v) is 11.7. The minimum atomic E-state index is -0.246. The van der Waals surface area contributed by atoms with Gasteiger partial charge in [0.2, 0.25) is 0 Å². The molecule has 8 heteroatoms. The molecule has 0 bridgehead atoms. The van der Waals surface area contributed by atoms with E-state index in [1.165, 1.54) is 11.3 Å². The Morgan fingerprint density at radius 3 is 2.49 bits per heavy atom. The molecule has 0 radical (unpaired) electrons. The monoisotopic (exact) mass is 587 g/mol. The number of halogens is 1. The number of carbonyl (C=O) groups excluding carboxylic acids is 1. The normalized spacial score (nSPS) is 13.2. The van der Waals surface area contributed by atoms with Gasteiger partial charge in [0.05, 0.1) is 35.3 Å². The number of pyridine rings is 1. The lowest BCUT2D eigenvalue weighted by atomic mass is 10.0. The molecule has 212 valence electrons. The van der Waals surface area contributed by atoms with Crippen LogP contribution in [0.25, 0.3) is 33.6 Å². The maximum atomic E-state index is 14.6. The number of aromatic nitrogens is 2. The van der Waals surface area contributed by atoms with E-state index >= 15 is 0 Å². The molecule has 3 heterocycles. The van der Waals surface area contributed by atoms with Gasteiger partial charge in [-0.05, 0) is 75.4 Å². The maximum absolute atomic E-state index is 14.6. The number of likely N-dealkylation sites (tertiary alicyclic amines) is 1. The predicted octanol–water partition coefficient (Wildman–Crippen LogP) is 7.90. The molecule has 2 aromatic carbocycles. The third kappa shape index (κ3) is 5.88. The number of methoxy groups -OCH3 is 1. The fraction of sp³-hybridized carbons (Fsp3) is 0.303. The molecule has 1 saturated heterocycles. The van der Waals surface area contributed by atoms with Crippen LogP contribution in [0.4, 0.5) is 0 Å². The van der Waals surface area contributed by atoms with Gasteiger partial charge in [-0.3, -0.25) is 14.2 Å². The number of hydrogen-bond donors (Lipinski definition) is 0. The first kappa shape index (κ1) is 28.8. The van der Waals surface area contributed by atoms with Crippen molar-refractivity contribution < 1.29 is 9.53 Å². The number of para-hydroxylation sites is 1. The highest BCUT2D eigenvalue weighted by Gasteiger charge is 2.28. The molecule has 6 nitrogen and oxygen atoms in total. The molecule has 0 N–H and O–H groups in total. The van der Waals surface area contributed by atoms with Crippen molar-refractivity contribution in [3.05, 3.63) is 91.7 Å². The molecule has 0 aliphatic carbocycles. The van der Waals surface area contributed by atoms with Crippen LogP contribution >= 0.6 is 22.9 Å². The van der Waals surface area contributed by atoms with Gasteiger partial charge in [0.25, 0.3) is 11.5 Å². The Balaban J connectivity index is 1.82. The molecule has 4 aromatic rings. The molecule has 0 unspecified atom stereocenters. The summed E-state index contributed by atoms with van der Waals surface area (Å²) in [6.45, 7) is 7.40. The van der Waals surface area contributed by atoms with E-state index in [4.69, 9.17) is 21.3 Å². The summed E-state index contributed by atoms with van der Waals surface area (Å²) in [4.78, 5) is 35.5. The van der Waals surface area contributed by atoms with Crippen molar-refractivity contribution in [2.45, 2.75) is 46.5 Å². The van der Waals surface area contributed by atoms with Gasteiger partial charge in [-0.25, -0.2) is 4.98 Å². The number of benzene rings is 2. The van der Waals surface area contributed by atoms with Gasteiger partial charge < -0.3 is 9.64 Å². The van der Waals surface area contributed by atoms with Crippen molar-refractivity contribution in [2.24, 2.45) is 0 Å². The molecular weight excluding hydrogens is 554 g/mol. The SMILES string of the molecule is CCc1cccc(OC)c1-n1c(C=C(C)C)c(C(=O)N2CCCCC2)cc(-c2nc(-c3ccc(Cl)cc3)cs2)c1=O. The van der Waals surface area contributed by atoms with Gasteiger partial charge in [-0.15, -0.1) is 11.3 Å². The van der Waals surface area contributed by atoms with Crippen molar-refractivity contribution in [3.63, 3.8) is 0 Å². The summed E-state index contributed by atoms with van der Waals surface area (Å²) in [6, 6.07) is 15.0. The van der Waals surface area contributed by atoms with Gasteiger partial charge in [0.15, 0.2) is 0 Å². The third-order valence-corrected chi connectivity index (χ3v) is 8.45. The molecule has 1 amide bonds. The van der Waals surface area contributed by atoms with E-state index in [2.05, 4.69) is 0 Å². The molecule has 1 aliphatic rings. The van der Waals surface area contributed by atoms with Crippen LogP contribution in [0.2, 0.25) is 5.02 Å². The molecule has 0 atom stereocenters. The number of rotatable bonds is 7. The Kier molecular flexibility index (Phi) is 8.76. The van der Waals surface area contributed by atoms with E-state index < -0.39 is 0 Å². The van der Waals surface area contributed by atoms with Gasteiger partial charge in [0, 0.05) is 29.1 Å². The third-order valence-electron chi connectivity index (χ3n) is 7.32. The van der Waals surface area contributed by atoms with Crippen LogP contribution in [0, 0.1) is 0 Å². The molecule has 1 aliphatic heterocycles. The maximum Gasteiger partial charge on any atom is 0.266 e. The van der Waals surface area contributed by atoms with E-state index in [0.717, 1.165) is 41.7 Å². The minimum Gasteiger partial charge on any atom is -0.495 e. The molecule has 5 rings (SSSR count). The van der Waals surface area contributed by atoms with Crippen LogP contribution in [0.1, 0.15) is 61.6 Å². The molecule has 0 saturated carbocycles. The van der Waals surface area contributed by atoms with Gasteiger partial charge in [0.1, 0.15) is 10.8 Å². The van der Waals surface area contributed by atoms with E-state index in [-0.39, 0.29) is 11.5 Å². The fourth-order valence-electron chi connectivity index (χ4n) is 5.28. The topological polar surface area (TPSA) is 64.4 Å². The zero-order valence-electron chi connectivity index (χ0n) is 23.9. The molecule has 0 spiro atoms. The second kappa shape index (κ2) is 12.5. The number of piperidine rings is 1. The van der Waals surface area contributed by atoms with Crippen molar-refractivity contribution in [3.8, 4) is 33.3 Å². The summed E-state index contributed by atoms with van der Waals surface area (Å²) in [6.07, 6.45) is 5.67. The number of allylic oxidation sites excluding steroid dienone is 1. The summed E-state index contributed by atoms with van der Waals surface area (Å²) in [5.74, 6) is 0.499. The molecule has 1 fully saturated rings. The van der Waals surface area contributed by atoms with E-state index in [9.17, 15) is 9.59 Å². The van der Waals surface area contributed by atoms with Crippen molar-refractivity contribution >= 4 is 34.9 Å². The van der Waals surface area contributed by atoms with Gasteiger partial charge in [-0.1, -0.05) is 48.4 Å². The fourth-order valence-corrected chi connectivity index (χ4v) is 6.24. The largest absolute Gasteiger partial charge is 0.495 e. The summed E-state index contributed by atoms with van der Waals surface area (Å²) in [7, 11) is 1.60. The van der Waals surface area contributed by atoms with Crippen molar-refractivity contribution in [2.75, 3.05) is 20.2 Å². The number of carbonyl (C=O) groups is 1. The van der Waals surface area contributed by atoms with Crippen LogP contribution in [-0.2, 0) is 6.42 Å². The first-order valence-corrected chi connectivity index (χ1v) is 15.2. The zero-order chi connectivity index (χ0) is 29.1. The average molecular weight is 588 g/mol. The van der Waals surface area contributed by atoms with Crippen LogP contribution in [0.5, 0.6) is 5.75 Å². The first-order chi connectivity index (χ1) is 19.8. The zero-order valence-corrected chi connectivity index (χ0v) is 25.4. The summed E-state index contributed by atoms with van der Waals surface area (Å²) in [5.41, 5.74) is 5.41. The Labute approximate surface area is 249 Å². The Hall–Kier alpha value is -3.68. The van der Waals surface area contributed by atoms with Gasteiger partial charge >= 0.3 is 0 Å². The first-order valence-electron chi connectivity index (χ1n) is 13.9. The van der Waals surface area contributed by atoms with Crippen LogP contribution in [-0.4, -0.2) is 40.6 Å². The highest BCUT2D eigenvalue weighted by Crippen LogP contribution is 2.34. The lowest BCUT2D eigenvalue weighted by Gasteiger charge is -2.28. The van der Waals surface area contributed by atoms with Crippen LogP contribution in [0.15, 0.2) is 64.3 Å². The Morgan fingerprint density at radius 1 is 1.10 bits per heavy atom. The van der Waals surface area contributed by atoms with Crippen LogP contribution < -0.4 is 10.3 Å². The molecular formula is C33H34ClN3O3S. The van der Waals surface area contributed by atoms with E-state index in [0.29, 0.717) is 57.8 Å². The van der Waals surface area contributed by atoms with E-state index in [1.807, 2.05) is 79.6 Å². The smallest absolute Gasteiger partial charge is 0.266 e. The standard InChI is InChI=1S/C33H34ClN3O3S/c1-5-22-10-9-11-29(40-4)30(22)37-28(18-21(2)3)25(32(38)36-16-7-6-8-17-36)19-26(33(37)39)31-35-27(20-41-31)23-12-14-24(34)15-13-23/h9-15,18-20H,5-8,16-17H2,1-4H3. The Morgan fingerprint density at radius 2 is 1.83 bits per heavy atom. The molecule has 41 heavy (non-hydrogen) atoms. The number of aryl methyl sites for hydroxylation is 1. The predicted molar refractivity (Wildman–Crippen MR) is 169 cm³/mol. The summed E-state index contributed by atoms with van der Waals surface area (Å²) < 4.78 is 7.46. The number of hydrogen-bond acceptors (Lipinski definition) is 5. The number of amides is 1.